The molecule has 0 radical (unpaired) electrons. The molecular weight excluding hydrogens is 254 g/mol. The number of nitrogens with one attached hydrogen (secondary N) is 1. The van der Waals surface area contributed by atoms with Gasteiger partial charge in [0.05, 0.1) is 18.3 Å². The summed E-state index contributed by atoms with van der Waals surface area (Å²) in [5.74, 6) is 0.649. The standard InChI is InChI=1S/C16H23NO3/c1-2-20-15-10-6-4-8-13(15)16(19)17-11-12-7-3-5-9-14(12)18/h4,6,8,10,12,14,18H,2-3,5,7,9,11H2,1H3,(H,17,19). The molecule has 1 amide bonds. The van der Waals surface area contributed by atoms with Gasteiger partial charge in [-0.2, -0.15) is 0 Å². The van der Waals surface area contributed by atoms with Crippen LogP contribution in [-0.2, 0) is 0 Å². The molecule has 1 aromatic rings. The fourth-order valence-electron chi connectivity index (χ4n) is 2.68. The van der Waals surface area contributed by atoms with Crippen molar-refractivity contribution in [2.75, 3.05) is 13.2 Å². The first-order valence-electron chi connectivity index (χ1n) is 7.40. The summed E-state index contributed by atoms with van der Waals surface area (Å²) in [5, 5.41) is 12.8. The lowest BCUT2D eigenvalue weighted by atomic mass is 9.86. The van der Waals surface area contributed by atoms with E-state index in [4.69, 9.17) is 4.74 Å². The Labute approximate surface area is 120 Å². The Morgan fingerprint density at radius 2 is 2.10 bits per heavy atom. The Balaban J connectivity index is 1.94. The number of aliphatic hydroxyl groups is 1. The number of benzene rings is 1. The van der Waals surface area contributed by atoms with Crippen LogP contribution < -0.4 is 10.1 Å². The van der Waals surface area contributed by atoms with E-state index in [-0.39, 0.29) is 17.9 Å². The van der Waals surface area contributed by atoms with Gasteiger partial charge in [0, 0.05) is 12.5 Å². The van der Waals surface area contributed by atoms with Crippen molar-refractivity contribution >= 4 is 5.91 Å². The van der Waals surface area contributed by atoms with Crippen molar-refractivity contribution in [1.82, 2.24) is 5.32 Å². The Bertz CT molecular complexity index is 447. The van der Waals surface area contributed by atoms with Gasteiger partial charge in [-0.25, -0.2) is 0 Å². The average Bonchev–Trinajstić information content (AvgIpc) is 2.47. The molecule has 1 fully saturated rings. The molecule has 4 nitrogen and oxygen atoms in total. The molecule has 1 aliphatic rings. The van der Waals surface area contributed by atoms with Crippen molar-refractivity contribution in [3.63, 3.8) is 0 Å². The van der Waals surface area contributed by atoms with Gasteiger partial charge in [0.25, 0.3) is 5.91 Å². The lowest BCUT2D eigenvalue weighted by Crippen LogP contribution is -2.36. The first kappa shape index (κ1) is 14.9. The first-order chi connectivity index (χ1) is 9.72. The van der Waals surface area contributed by atoms with Gasteiger partial charge in [0.1, 0.15) is 5.75 Å². The number of hydrogen-bond acceptors (Lipinski definition) is 3. The number of ether oxygens (including phenoxy) is 1. The normalized spacial score (nSPS) is 22.3. The third-order valence-corrected chi connectivity index (χ3v) is 3.83. The second-order valence-corrected chi connectivity index (χ2v) is 5.25. The Kier molecular flexibility index (Phi) is 5.41. The van der Waals surface area contributed by atoms with Crippen LogP contribution in [0.1, 0.15) is 43.0 Å². The molecule has 0 aliphatic heterocycles. The molecule has 0 spiro atoms. The Morgan fingerprint density at radius 3 is 2.85 bits per heavy atom. The van der Waals surface area contributed by atoms with Crippen LogP contribution in [0.3, 0.4) is 0 Å². The highest BCUT2D eigenvalue weighted by Gasteiger charge is 2.23. The SMILES string of the molecule is CCOc1ccccc1C(=O)NCC1CCCCC1O. The molecule has 0 saturated heterocycles. The number of aliphatic hydroxyl groups excluding tert-OH is 1. The molecule has 0 aromatic heterocycles. The highest BCUT2D eigenvalue weighted by Crippen LogP contribution is 2.24. The lowest BCUT2D eigenvalue weighted by Gasteiger charge is -2.27. The van der Waals surface area contributed by atoms with Crippen LogP contribution in [0.2, 0.25) is 0 Å². The lowest BCUT2D eigenvalue weighted by molar-refractivity contribution is 0.0662. The van der Waals surface area contributed by atoms with E-state index in [1.807, 2.05) is 19.1 Å². The number of para-hydroxylation sites is 1. The molecule has 1 saturated carbocycles. The zero-order valence-electron chi connectivity index (χ0n) is 12.0. The van der Waals surface area contributed by atoms with Gasteiger partial charge in [-0.05, 0) is 31.9 Å². The summed E-state index contributed by atoms with van der Waals surface area (Å²) in [4.78, 5) is 12.2. The monoisotopic (exact) mass is 277 g/mol. The number of amides is 1. The van der Waals surface area contributed by atoms with Crippen molar-refractivity contribution in [1.29, 1.82) is 0 Å². The molecule has 0 heterocycles. The smallest absolute Gasteiger partial charge is 0.255 e. The van der Waals surface area contributed by atoms with Gasteiger partial charge in [0.15, 0.2) is 0 Å². The van der Waals surface area contributed by atoms with Crippen molar-refractivity contribution in [3.8, 4) is 5.75 Å². The first-order valence-corrected chi connectivity index (χ1v) is 7.40. The minimum atomic E-state index is -0.286. The molecule has 4 heteroatoms. The molecule has 1 aromatic carbocycles. The van der Waals surface area contributed by atoms with E-state index in [1.165, 1.54) is 0 Å². The van der Waals surface area contributed by atoms with Crippen molar-refractivity contribution in [2.45, 2.75) is 38.7 Å². The van der Waals surface area contributed by atoms with E-state index in [0.717, 1.165) is 25.7 Å². The van der Waals surface area contributed by atoms with Gasteiger partial charge < -0.3 is 15.2 Å². The summed E-state index contributed by atoms with van der Waals surface area (Å²) in [5.41, 5.74) is 0.555. The molecule has 110 valence electrons. The van der Waals surface area contributed by atoms with E-state index in [9.17, 15) is 9.90 Å². The van der Waals surface area contributed by atoms with Crippen LogP contribution in [0, 0.1) is 5.92 Å². The largest absolute Gasteiger partial charge is 0.493 e. The maximum absolute atomic E-state index is 12.2. The zero-order chi connectivity index (χ0) is 14.4. The third kappa shape index (κ3) is 3.73. The van der Waals surface area contributed by atoms with E-state index in [1.54, 1.807) is 12.1 Å². The van der Waals surface area contributed by atoms with E-state index in [0.29, 0.717) is 24.5 Å². The molecule has 2 N–H and O–H groups in total. The molecule has 1 aliphatic carbocycles. The van der Waals surface area contributed by atoms with Crippen LogP contribution >= 0.6 is 0 Å². The summed E-state index contributed by atoms with van der Waals surface area (Å²) in [7, 11) is 0. The van der Waals surface area contributed by atoms with Crippen molar-refractivity contribution < 1.29 is 14.6 Å². The maximum atomic E-state index is 12.2. The van der Waals surface area contributed by atoms with E-state index < -0.39 is 0 Å². The van der Waals surface area contributed by atoms with Crippen LogP contribution in [0.15, 0.2) is 24.3 Å². The van der Waals surface area contributed by atoms with Gasteiger partial charge in [-0.15, -0.1) is 0 Å². The number of carbonyl (C=O) groups is 1. The summed E-state index contributed by atoms with van der Waals surface area (Å²) in [6.45, 7) is 2.96. The zero-order valence-corrected chi connectivity index (χ0v) is 12.0. The predicted octanol–water partition coefficient (Wildman–Crippen LogP) is 2.37. The minimum Gasteiger partial charge on any atom is -0.493 e. The molecule has 20 heavy (non-hydrogen) atoms. The van der Waals surface area contributed by atoms with Gasteiger partial charge in [-0.1, -0.05) is 25.0 Å². The molecule has 2 atom stereocenters. The number of rotatable bonds is 5. The predicted molar refractivity (Wildman–Crippen MR) is 77.9 cm³/mol. The average molecular weight is 277 g/mol. The topological polar surface area (TPSA) is 58.6 Å². The molecule has 2 unspecified atom stereocenters. The summed E-state index contributed by atoms with van der Waals surface area (Å²) in [6, 6.07) is 7.24. The van der Waals surface area contributed by atoms with Crippen LogP contribution in [0.25, 0.3) is 0 Å². The Hall–Kier alpha value is -1.55. The van der Waals surface area contributed by atoms with Gasteiger partial charge in [0.2, 0.25) is 0 Å². The summed E-state index contributed by atoms with van der Waals surface area (Å²) >= 11 is 0. The van der Waals surface area contributed by atoms with Crippen LogP contribution in [-0.4, -0.2) is 30.3 Å². The molecule has 2 rings (SSSR count). The van der Waals surface area contributed by atoms with Crippen molar-refractivity contribution in [3.05, 3.63) is 29.8 Å². The highest BCUT2D eigenvalue weighted by atomic mass is 16.5. The van der Waals surface area contributed by atoms with Crippen LogP contribution in [0.5, 0.6) is 5.75 Å². The Morgan fingerprint density at radius 1 is 1.35 bits per heavy atom. The maximum Gasteiger partial charge on any atom is 0.255 e. The second-order valence-electron chi connectivity index (χ2n) is 5.25. The number of carbonyl (C=O) groups excluding carboxylic acids is 1. The fourth-order valence-corrected chi connectivity index (χ4v) is 2.68. The van der Waals surface area contributed by atoms with Gasteiger partial charge in [-0.3, -0.25) is 4.79 Å². The minimum absolute atomic E-state index is 0.133. The third-order valence-electron chi connectivity index (χ3n) is 3.83. The fraction of sp³-hybridized carbons (Fsp3) is 0.562. The van der Waals surface area contributed by atoms with Crippen LogP contribution in [0.4, 0.5) is 0 Å². The van der Waals surface area contributed by atoms with E-state index >= 15 is 0 Å². The highest BCUT2D eigenvalue weighted by molar-refractivity contribution is 5.96. The second kappa shape index (κ2) is 7.29. The van der Waals surface area contributed by atoms with Crippen molar-refractivity contribution in [2.24, 2.45) is 5.92 Å². The summed E-state index contributed by atoms with van der Waals surface area (Å²) < 4.78 is 5.46. The van der Waals surface area contributed by atoms with Gasteiger partial charge >= 0.3 is 0 Å². The molecular formula is C16H23NO3. The molecule has 0 bridgehead atoms. The number of hydrogen-bond donors (Lipinski definition) is 2. The quantitative estimate of drug-likeness (QED) is 0.868. The van der Waals surface area contributed by atoms with E-state index in [2.05, 4.69) is 5.32 Å². The summed E-state index contributed by atoms with van der Waals surface area (Å²) in [6.07, 6.45) is 3.75.